The van der Waals surface area contributed by atoms with Crippen molar-refractivity contribution in [3.05, 3.63) is 11.9 Å². The van der Waals surface area contributed by atoms with Crippen LogP contribution in [-0.4, -0.2) is 4.89 Å². The second-order valence-electron chi connectivity index (χ2n) is 1.48. The molecule has 46 valence electrons. The first-order valence-electron chi connectivity index (χ1n) is 2.59. The molecular formula is C5H10O2P+. The molecule has 0 aliphatic rings. The van der Waals surface area contributed by atoms with Crippen LogP contribution < -0.4 is 0 Å². The minimum Gasteiger partial charge on any atom is -0.157 e. The lowest BCUT2D eigenvalue weighted by Crippen LogP contribution is -1.57. The molecule has 8 heavy (non-hydrogen) atoms. The molecule has 0 aromatic carbocycles. The van der Waals surface area contributed by atoms with Crippen molar-refractivity contribution in [3.63, 3.8) is 0 Å². The van der Waals surface area contributed by atoms with Crippen molar-refractivity contribution >= 4 is 8.03 Å². The normalized spacial score (nSPS) is 12.5. The maximum atomic E-state index is 9.94. The van der Waals surface area contributed by atoms with Crippen molar-refractivity contribution in [1.29, 1.82) is 0 Å². The van der Waals surface area contributed by atoms with Crippen LogP contribution in [0.15, 0.2) is 11.9 Å². The van der Waals surface area contributed by atoms with Gasteiger partial charge in [0.1, 0.15) is 0 Å². The summed E-state index contributed by atoms with van der Waals surface area (Å²) in [6, 6.07) is 0. The van der Waals surface area contributed by atoms with Crippen molar-refractivity contribution < 1.29 is 9.46 Å². The average molecular weight is 133 g/mol. The summed E-state index contributed by atoms with van der Waals surface area (Å²) >= 11 is 0. The van der Waals surface area contributed by atoms with Crippen LogP contribution in [-0.2, 0) is 4.57 Å². The van der Waals surface area contributed by atoms with E-state index in [0.29, 0.717) is 0 Å². The summed E-state index contributed by atoms with van der Waals surface area (Å²) in [4.78, 5) is 8.20. The number of unbranched alkanes of at least 4 members (excludes halogenated alkanes) is 1. The van der Waals surface area contributed by atoms with E-state index in [1.807, 2.05) is 6.92 Å². The Balaban J connectivity index is 3.20. The van der Waals surface area contributed by atoms with Crippen LogP contribution in [0.2, 0.25) is 0 Å². The van der Waals surface area contributed by atoms with E-state index < -0.39 is 8.03 Å². The molecule has 0 spiro atoms. The van der Waals surface area contributed by atoms with Gasteiger partial charge in [0.05, 0.1) is 0 Å². The number of hydrogen-bond donors (Lipinski definition) is 1. The molecule has 2 nitrogen and oxygen atoms in total. The van der Waals surface area contributed by atoms with Gasteiger partial charge in [-0.3, -0.25) is 0 Å². The van der Waals surface area contributed by atoms with Crippen LogP contribution in [0.1, 0.15) is 19.8 Å². The Morgan fingerprint density at radius 3 is 2.75 bits per heavy atom. The fourth-order valence-corrected chi connectivity index (χ4v) is 0.661. The second kappa shape index (κ2) is 4.95. The Kier molecular flexibility index (Phi) is 4.82. The van der Waals surface area contributed by atoms with Gasteiger partial charge in [-0.25, -0.2) is 0 Å². The van der Waals surface area contributed by atoms with Crippen LogP contribution in [0.3, 0.4) is 0 Å². The van der Waals surface area contributed by atoms with Crippen LogP contribution in [0.5, 0.6) is 0 Å². The quantitative estimate of drug-likeness (QED) is 0.598. The predicted molar refractivity (Wildman–Crippen MR) is 33.9 cm³/mol. The number of allylic oxidation sites excluding steroid dienone is 1. The van der Waals surface area contributed by atoms with Crippen LogP contribution in [0.25, 0.3) is 0 Å². The summed E-state index contributed by atoms with van der Waals surface area (Å²) in [6.07, 6.45) is 3.64. The molecule has 0 saturated heterocycles. The first-order valence-corrected chi connectivity index (χ1v) is 3.87. The van der Waals surface area contributed by atoms with E-state index in [0.717, 1.165) is 12.8 Å². The minimum atomic E-state index is -2.04. The third-order valence-corrected chi connectivity index (χ3v) is 1.15. The minimum absolute atomic E-state index is 0.891. The maximum absolute atomic E-state index is 9.94. The Morgan fingerprint density at radius 2 is 2.38 bits per heavy atom. The summed E-state index contributed by atoms with van der Waals surface area (Å²) < 4.78 is 9.94. The largest absolute Gasteiger partial charge is 0.537 e. The molecule has 1 atom stereocenters. The number of rotatable bonds is 3. The molecule has 0 aromatic rings. The van der Waals surface area contributed by atoms with Gasteiger partial charge >= 0.3 is 8.03 Å². The first kappa shape index (κ1) is 7.80. The molecule has 0 bridgehead atoms. The van der Waals surface area contributed by atoms with Gasteiger partial charge in [-0.05, 0) is 17.1 Å². The molecule has 0 amide bonds. The monoisotopic (exact) mass is 133 g/mol. The van der Waals surface area contributed by atoms with Gasteiger partial charge < -0.3 is 0 Å². The highest BCUT2D eigenvalue weighted by Crippen LogP contribution is 2.14. The highest BCUT2D eigenvalue weighted by molar-refractivity contribution is 7.41. The number of hydrogen-bond acceptors (Lipinski definition) is 1. The van der Waals surface area contributed by atoms with E-state index in [-0.39, 0.29) is 0 Å². The third kappa shape index (κ3) is 5.80. The SMILES string of the molecule is CCCC=C[P+](=O)O. The zero-order valence-electron chi connectivity index (χ0n) is 4.87. The van der Waals surface area contributed by atoms with E-state index in [1.54, 1.807) is 6.08 Å². The molecular weight excluding hydrogens is 123 g/mol. The molecule has 0 rings (SSSR count). The van der Waals surface area contributed by atoms with E-state index in [2.05, 4.69) is 0 Å². The third-order valence-electron chi connectivity index (χ3n) is 0.688. The summed E-state index contributed by atoms with van der Waals surface area (Å²) in [6.45, 7) is 2.02. The Labute approximate surface area is 50.1 Å². The zero-order valence-corrected chi connectivity index (χ0v) is 5.77. The van der Waals surface area contributed by atoms with Crippen molar-refractivity contribution in [3.8, 4) is 0 Å². The molecule has 1 unspecified atom stereocenters. The van der Waals surface area contributed by atoms with Gasteiger partial charge in [0.2, 0.25) is 0 Å². The molecule has 0 aliphatic heterocycles. The van der Waals surface area contributed by atoms with Gasteiger partial charge in [-0.1, -0.05) is 13.3 Å². The first-order chi connectivity index (χ1) is 3.77. The van der Waals surface area contributed by atoms with Crippen molar-refractivity contribution in [2.45, 2.75) is 19.8 Å². The molecule has 1 N–H and O–H groups in total. The average Bonchev–Trinajstić information content (AvgIpc) is 1.66. The molecule has 3 heteroatoms. The molecule has 0 fully saturated rings. The Morgan fingerprint density at radius 1 is 1.75 bits per heavy atom. The molecule has 0 aromatic heterocycles. The van der Waals surface area contributed by atoms with E-state index in [1.165, 1.54) is 5.82 Å². The molecule has 0 heterocycles. The molecule has 0 aliphatic carbocycles. The summed E-state index contributed by atoms with van der Waals surface area (Å²) in [7, 11) is -2.04. The lowest BCUT2D eigenvalue weighted by atomic mass is 10.3. The lowest BCUT2D eigenvalue weighted by Gasteiger charge is -1.74. The Hall–Kier alpha value is -0.200. The van der Waals surface area contributed by atoms with Crippen molar-refractivity contribution in [2.75, 3.05) is 0 Å². The van der Waals surface area contributed by atoms with Gasteiger partial charge in [0.25, 0.3) is 0 Å². The predicted octanol–water partition coefficient (Wildman–Crippen LogP) is 2.03. The highest BCUT2D eigenvalue weighted by Gasteiger charge is 1.98. The summed E-state index contributed by atoms with van der Waals surface area (Å²) in [5.41, 5.74) is 0. The zero-order chi connectivity index (χ0) is 6.41. The van der Waals surface area contributed by atoms with Gasteiger partial charge in [0, 0.05) is 0 Å². The van der Waals surface area contributed by atoms with Crippen LogP contribution in [0.4, 0.5) is 0 Å². The summed E-state index contributed by atoms with van der Waals surface area (Å²) in [5.74, 6) is 1.32. The lowest BCUT2D eigenvalue weighted by molar-refractivity contribution is 0.512. The van der Waals surface area contributed by atoms with Gasteiger partial charge in [-0.2, -0.15) is 4.89 Å². The van der Waals surface area contributed by atoms with E-state index >= 15 is 0 Å². The van der Waals surface area contributed by atoms with Crippen LogP contribution in [0, 0.1) is 0 Å². The summed E-state index contributed by atoms with van der Waals surface area (Å²) in [5, 5.41) is 0. The fraction of sp³-hybridized carbons (Fsp3) is 0.600. The van der Waals surface area contributed by atoms with Gasteiger partial charge in [-0.15, -0.1) is 0 Å². The highest BCUT2D eigenvalue weighted by atomic mass is 31.1. The van der Waals surface area contributed by atoms with E-state index in [4.69, 9.17) is 4.89 Å². The Bertz CT molecular complexity index is 98.6. The van der Waals surface area contributed by atoms with Crippen molar-refractivity contribution in [1.82, 2.24) is 0 Å². The van der Waals surface area contributed by atoms with E-state index in [9.17, 15) is 4.57 Å². The standard InChI is InChI=1S/C5H9O2P/c1-2-3-4-5-8(6)7/h4-5H,2-3H2,1H3/p+1. The fourth-order valence-electron chi connectivity index (χ4n) is 0.331. The molecule has 0 saturated carbocycles. The van der Waals surface area contributed by atoms with Crippen molar-refractivity contribution in [2.24, 2.45) is 0 Å². The van der Waals surface area contributed by atoms with Gasteiger partial charge in [0.15, 0.2) is 5.82 Å². The second-order valence-corrected chi connectivity index (χ2v) is 2.38. The topological polar surface area (TPSA) is 37.3 Å². The van der Waals surface area contributed by atoms with Crippen LogP contribution >= 0.6 is 8.03 Å². The smallest absolute Gasteiger partial charge is 0.157 e. The maximum Gasteiger partial charge on any atom is 0.537 e. The molecule has 0 radical (unpaired) electrons.